The van der Waals surface area contributed by atoms with E-state index in [1.165, 1.54) is 6.42 Å². The van der Waals surface area contributed by atoms with Crippen molar-refractivity contribution in [3.05, 3.63) is 0 Å². The van der Waals surface area contributed by atoms with Crippen molar-refractivity contribution in [1.29, 1.82) is 0 Å². The lowest BCUT2D eigenvalue weighted by molar-refractivity contribution is -0.139. The highest BCUT2D eigenvalue weighted by Crippen LogP contribution is 2.25. The van der Waals surface area contributed by atoms with E-state index in [9.17, 15) is 9.59 Å². The van der Waals surface area contributed by atoms with Gasteiger partial charge in [-0.25, -0.2) is 0 Å². The molecule has 2 heterocycles. The smallest absolute Gasteiger partial charge is 0.237 e. The molecule has 3 aliphatic rings. The van der Waals surface area contributed by atoms with E-state index < -0.39 is 0 Å². The molecule has 0 spiro atoms. The zero-order chi connectivity index (χ0) is 16.4. The predicted octanol–water partition coefficient (Wildman–Crippen LogP) is 1.77. The van der Waals surface area contributed by atoms with Crippen LogP contribution in [-0.4, -0.2) is 59.4 Å². The SMILES string of the molecule is CC1CCCC(C)N1C(=O)CN1CCC(C(=O)NC2CC2)CC1. The van der Waals surface area contributed by atoms with Crippen LogP contribution in [-0.2, 0) is 9.59 Å². The maximum absolute atomic E-state index is 12.7. The van der Waals surface area contributed by atoms with E-state index in [2.05, 4.69) is 29.0 Å². The molecule has 0 aromatic rings. The molecule has 3 fully saturated rings. The van der Waals surface area contributed by atoms with Crippen LogP contribution in [0.15, 0.2) is 0 Å². The first-order chi connectivity index (χ1) is 11.0. The van der Waals surface area contributed by atoms with Gasteiger partial charge < -0.3 is 10.2 Å². The van der Waals surface area contributed by atoms with Crippen LogP contribution >= 0.6 is 0 Å². The van der Waals surface area contributed by atoms with Gasteiger partial charge in [0, 0.05) is 24.0 Å². The van der Waals surface area contributed by atoms with Gasteiger partial charge in [-0.05, 0) is 71.9 Å². The van der Waals surface area contributed by atoms with Crippen LogP contribution in [0.5, 0.6) is 0 Å². The Hall–Kier alpha value is -1.10. The summed E-state index contributed by atoms with van der Waals surface area (Å²) < 4.78 is 0. The molecule has 0 radical (unpaired) electrons. The topological polar surface area (TPSA) is 52.7 Å². The normalized spacial score (nSPS) is 30.3. The predicted molar refractivity (Wildman–Crippen MR) is 89.9 cm³/mol. The molecule has 1 saturated carbocycles. The van der Waals surface area contributed by atoms with Crippen LogP contribution in [0.2, 0.25) is 0 Å². The summed E-state index contributed by atoms with van der Waals surface area (Å²) in [5.41, 5.74) is 0. The molecule has 0 aromatic carbocycles. The van der Waals surface area contributed by atoms with Crippen molar-refractivity contribution in [1.82, 2.24) is 15.1 Å². The van der Waals surface area contributed by atoms with Crippen LogP contribution in [0.25, 0.3) is 0 Å². The summed E-state index contributed by atoms with van der Waals surface area (Å²) >= 11 is 0. The Kier molecular flexibility index (Phi) is 5.24. The first-order valence-electron chi connectivity index (χ1n) is 9.38. The Morgan fingerprint density at radius 1 is 0.957 bits per heavy atom. The van der Waals surface area contributed by atoms with Crippen molar-refractivity contribution in [2.24, 2.45) is 5.92 Å². The van der Waals surface area contributed by atoms with E-state index >= 15 is 0 Å². The summed E-state index contributed by atoms with van der Waals surface area (Å²) in [5, 5.41) is 3.11. The Balaban J connectivity index is 1.44. The molecule has 2 unspecified atom stereocenters. The fourth-order valence-electron chi connectivity index (χ4n) is 4.09. The fraction of sp³-hybridized carbons (Fsp3) is 0.889. The maximum atomic E-state index is 12.7. The van der Waals surface area contributed by atoms with Gasteiger partial charge in [-0.2, -0.15) is 0 Å². The van der Waals surface area contributed by atoms with E-state index in [1.54, 1.807) is 0 Å². The van der Waals surface area contributed by atoms with Crippen LogP contribution in [0.3, 0.4) is 0 Å². The van der Waals surface area contributed by atoms with Gasteiger partial charge >= 0.3 is 0 Å². The molecule has 0 aromatic heterocycles. The van der Waals surface area contributed by atoms with Crippen LogP contribution in [0.4, 0.5) is 0 Å². The Bertz CT molecular complexity index is 432. The molecule has 2 atom stereocenters. The first kappa shape index (κ1) is 16.7. The monoisotopic (exact) mass is 321 g/mol. The second kappa shape index (κ2) is 7.20. The molecule has 2 saturated heterocycles. The largest absolute Gasteiger partial charge is 0.353 e. The lowest BCUT2D eigenvalue weighted by Crippen LogP contribution is -2.52. The van der Waals surface area contributed by atoms with Crippen molar-refractivity contribution in [3.63, 3.8) is 0 Å². The first-order valence-corrected chi connectivity index (χ1v) is 9.38. The van der Waals surface area contributed by atoms with Gasteiger partial charge in [-0.3, -0.25) is 14.5 Å². The molecule has 2 amide bonds. The van der Waals surface area contributed by atoms with Crippen molar-refractivity contribution in [2.75, 3.05) is 19.6 Å². The third-order valence-electron chi connectivity index (χ3n) is 5.72. The van der Waals surface area contributed by atoms with E-state index in [0.29, 0.717) is 24.7 Å². The number of carbonyl (C=O) groups is 2. The molecule has 130 valence electrons. The minimum absolute atomic E-state index is 0.148. The van der Waals surface area contributed by atoms with Gasteiger partial charge in [0.2, 0.25) is 11.8 Å². The van der Waals surface area contributed by atoms with Crippen LogP contribution < -0.4 is 5.32 Å². The number of hydrogen-bond donors (Lipinski definition) is 1. The Labute approximate surface area is 139 Å². The number of carbonyl (C=O) groups excluding carboxylic acids is 2. The lowest BCUT2D eigenvalue weighted by Gasteiger charge is -2.41. The summed E-state index contributed by atoms with van der Waals surface area (Å²) in [4.78, 5) is 29.1. The number of nitrogens with zero attached hydrogens (tertiary/aromatic N) is 2. The number of rotatable bonds is 4. The molecule has 1 N–H and O–H groups in total. The summed E-state index contributed by atoms with van der Waals surface area (Å²) in [6.07, 6.45) is 7.54. The quantitative estimate of drug-likeness (QED) is 0.858. The van der Waals surface area contributed by atoms with Crippen LogP contribution in [0, 0.1) is 5.92 Å². The minimum Gasteiger partial charge on any atom is -0.353 e. The molecule has 0 bridgehead atoms. The fourth-order valence-corrected chi connectivity index (χ4v) is 4.09. The van der Waals surface area contributed by atoms with Crippen molar-refractivity contribution in [3.8, 4) is 0 Å². The average molecular weight is 321 g/mol. The zero-order valence-corrected chi connectivity index (χ0v) is 14.6. The average Bonchev–Trinajstić information content (AvgIpc) is 3.31. The highest BCUT2D eigenvalue weighted by Gasteiger charge is 2.33. The second-order valence-corrected chi connectivity index (χ2v) is 7.76. The minimum atomic E-state index is 0.148. The summed E-state index contributed by atoms with van der Waals surface area (Å²) in [7, 11) is 0. The van der Waals surface area contributed by atoms with Gasteiger partial charge in [-0.15, -0.1) is 0 Å². The standard InChI is InChI=1S/C18H31N3O2/c1-13-4-3-5-14(2)21(13)17(22)12-20-10-8-15(9-11-20)18(23)19-16-6-7-16/h13-16H,3-12H2,1-2H3,(H,19,23). The van der Waals surface area contributed by atoms with Gasteiger partial charge in [0.05, 0.1) is 6.54 Å². The van der Waals surface area contributed by atoms with Gasteiger partial charge in [-0.1, -0.05) is 0 Å². The molecule has 2 aliphatic heterocycles. The van der Waals surface area contributed by atoms with Gasteiger partial charge in [0.25, 0.3) is 0 Å². The van der Waals surface area contributed by atoms with Crippen LogP contribution in [0.1, 0.15) is 58.8 Å². The Morgan fingerprint density at radius 2 is 1.57 bits per heavy atom. The van der Waals surface area contributed by atoms with Gasteiger partial charge in [0.15, 0.2) is 0 Å². The molecular weight excluding hydrogens is 290 g/mol. The molecule has 1 aliphatic carbocycles. The van der Waals surface area contributed by atoms with Crippen molar-refractivity contribution in [2.45, 2.75) is 76.9 Å². The lowest BCUT2D eigenvalue weighted by atomic mass is 9.95. The number of nitrogens with one attached hydrogen (secondary N) is 1. The third kappa shape index (κ3) is 4.25. The number of piperidine rings is 2. The van der Waals surface area contributed by atoms with E-state index in [4.69, 9.17) is 0 Å². The maximum Gasteiger partial charge on any atom is 0.237 e. The van der Waals surface area contributed by atoms with E-state index in [-0.39, 0.29) is 17.7 Å². The Morgan fingerprint density at radius 3 is 2.13 bits per heavy atom. The second-order valence-electron chi connectivity index (χ2n) is 7.76. The molecule has 5 heteroatoms. The van der Waals surface area contributed by atoms with E-state index in [0.717, 1.165) is 51.6 Å². The van der Waals surface area contributed by atoms with Gasteiger partial charge in [0.1, 0.15) is 0 Å². The number of amides is 2. The molecule has 5 nitrogen and oxygen atoms in total. The van der Waals surface area contributed by atoms with Crippen molar-refractivity contribution < 1.29 is 9.59 Å². The summed E-state index contributed by atoms with van der Waals surface area (Å²) in [6.45, 7) is 6.59. The zero-order valence-electron chi connectivity index (χ0n) is 14.6. The highest BCUT2D eigenvalue weighted by molar-refractivity contribution is 5.80. The molecule has 23 heavy (non-hydrogen) atoms. The number of likely N-dealkylation sites (tertiary alicyclic amines) is 2. The van der Waals surface area contributed by atoms with E-state index in [1.807, 2.05) is 0 Å². The molecule has 3 rings (SSSR count). The highest BCUT2D eigenvalue weighted by atomic mass is 16.2. The summed E-state index contributed by atoms with van der Waals surface area (Å²) in [5.74, 6) is 0.650. The van der Waals surface area contributed by atoms with Crippen molar-refractivity contribution >= 4 is 11.8 Å². The molecular formula is C18H31N3O2. The summed E-state index contributed by atoms with van der Waals surface area (Å²) in [6, 6.07) is 1.19. The third-order valence-corrected chi connectivity index (χ3v) is 5.72. The number of hydrogen-bond acceptors (Lipinski definition) is 3.